The highest BCUT2D eigenvalue weighted by Gasteiger charge is 2.09. The standard InChI is InChI=1S/C15H17N5O/c1-16-15-18-13-12(10-17-20-13)14(19-15)21-9-5-8-11-6-3-2-4-7-11/h2-4,6-7,10H,5,8-9H2,1H3,(H2,16,17,18,19,20). The van der Waals surface area contributed by atoms with Crippen molar-refractivity contribution in [3.8, 4) is 5.88 Å². The Balaban J connectivity index is 1.63. The van der Waals surface area contributed by atoms with E-state index < -0.39 is 0 Å². The van der Waals surface area contributed by atoms with Crippen LogP contribution < -0.4 is 10.1 Å². The van der Waals surface area contributed by atoms with Gasteiger partial charge in [-0.25, -0.2) is 0 Å². The van der Waals surface area contributed by atoms with Gasteiger partial charge in [-0.3, -0.25) is 5.10 Å². The van der Waals surface area contributed by atoms with Gasteiger partial charge in [-0.05, 0) is 18.4 Å². The first-order valence-corrected chi connectivity index (χ1v) is 6.92. The lowest BCUT2D eigenvalue weighted by molar-refractivity contribution is 0.303. The lowest BCUT2D eigenvalue weighted by Crippen LogP contribution is -2.04. The molecule has 0 aliphatic rings. The van der Waals surface area contributed by atoms with E-state index in [1.165, 1.54) is 5.56 Å². The minimum absolute atomic E-state index is 0.518. The third kappa shape index (κ3) is 3.10. The molecule has 2 N–H and O–H groups in total. The number of fused-ring (bicyclic) bond motifs is 1. The topological polar surface area (TPSA) is 75.7 Å². The van der Waals surface area contributed by atoms with Crippen molar-refractivity contribution >= 4 is 17.0 Å². The van der Waals surface area contributed by atoms with Crippen LogP contribution in [0.3, 0.4) is 0 Å². The zero-order chi connectivity index (χ0) is 14.5. The molecule has 3 rings (SSSR count). The highest BCUT2D eigenvalue weighted by Crippen LogP contribution is 2.22. The lowest BCUT2D eigenvalue weighted by Gasteiger charge is -2.07. The predicted molar refractivity (Wildman–Crippen MR) is 81.5 cm³/mol. The van der Waals surface area contributed by atoms with Crippen molar-refractivity contribution in [2.75, 3.05) is 19.0 Å². The van der Waals surface area contributed by atoms with Gasteiger partial charge in [0, 0.05) is 7.05 Å². The molecule has 0 saturated heterocycles. The summed E-state index contributed by atoms with van der Waals surface area (Å²) in [6, 6.07) is 10.4. The molecule has 3 aromatic rings. The van der Waals surface area contributed by atoms with Gasteiger partial charge in [-0.15, -0.1) is 0 Å². The van der Waals surface area contributed by atoms with Crippen LogP contribution in [0.5, 0.6) is 5.88 Å². The molecule has 1 aromatic carbocycles. The number of ether oxygens (including phenoxy) is 1. The fraction of sp³-hybridized carbons (Fsp3) is 0.267. The van der Waals surface area contributed by atoms with E-state index in [-0.39, 0.29) is 0 Å². The van der Waals surface area contributed by atoms with Crippen LogP contribution in [0.1, 0.15) is 12.0 Å². The molecule has 2 aromatic heterocycles. The van der Waals surface area contributed by atoms with Crippen molar-refractivity contribution in [1.82, 2.24) is 20.2 Å². The largest absolute Gasteiger partial charge is 0.477 e. The van der Waals surface area contributed by atoms with Crippen molar-refractivity contribution in [1.29, 1.82) is 0 Å². The molecule has 0 fully saturated rings. The first kappa shape index (κ1) is 13.4. The van der Waals surface area contributed by atoms with E-state index in [0.29, 0.717) is 24.1 Å². The Kier molecular flexibility index (Phi) is 3.95. The quantitative estimate of drug-likeness (QED) is 0.679. The van der Waals surface area contributed by atoms with Crippen LogP contribution in [-0.4, -0.2) is 33.8 Å². The molecule has 0 bridgehead atoms. The number of hydrogen-bond donors (Lipinski definition) is 2. The summed E-state index contributed by atoms with van der Waals surface area (Å²) in [5.41, 5.74) is 1.99. The SMILES string of the molecule is CNc1nc(OCCCc2ccccc2)c2cn[nH]c2n1. The second kappa shape index (κ2) is 6.21. The number of anilines is 1. The Morgan fingerprint density at radius 3 is 2.86 bits per heavy atom. The van der Waals surface area contributed by atoms with E-state index in [2.05, 4.69) is 49.7 Å². The molecule has 21 heavy (non-hydrogen) atoms. The summed E-state index contributed by atoms with van der Waals surface area (Å²) in [4.78, 5) is 8.60. The van der Waals surface area contributed by atoms with Gasteiger partial charge in [-0.2, -0.15) is 15.1 Å². The molecule has 2 heterocycles. The van der Waals surface area contributed by atoms with Gasteiger partial charge >= 0.3 is 0 Å². The Morgan fingerprint density at radius 1 is 1.19 bits per heavy atom. The van der Waals surface area contributed by atoms with E-state index in [1.807, 2.05) is 6.07 Å². The third-order valence-electron chi connectivity index (χ3n) is 3.19. The summed E-state index contributed by atoms with van der Waals surface area (Å²) < 4.78 is 5.79. The molecule has 0 atom stereocenters. The Bertz CT molecular complexity index is 710. The highest BCUT2D eigenvalue weighted by molar-refractivity contribution is 5.80. The average molecular weight is 283 g/mol. The van der Waals surface area contributed by atoms with Crippen molar-refractivity contribution in [3.63, 3.8) is 0 Å². The summed E-state index contributed by atoms with van der Waals surface area (Å²) >= 11 is 0. The normalized spacial score (nSPS) is 10.7. The maximum absolute atomic E-state index is 5.79. The molecule has 0 aliphatic carbocycles. The second-order valence-corrected chi connectivity index (χ2v) is 4.67. The maximum atomic E-state index is 5.79. The summed E-state index contributed by atoms with van der Waals surface area (Å²) in [5, 5.41) is 10.5. The number of nitrogens with zero attached hydrogens (tertiary/aromatic N) is 3. The van der Waals surface area contributed by atoms with Crippen molar-refractivity contribution in [3.05, 3.63) is 42.1 Å². The molecule has 0 aliphatic heterocycles. The van der Waals surface area contributed by atoms with Crippen molar-refractivity contribution < 1.29 is 4.74 Å². The molecule has 108 valence electrons. The van der Waals surface area contributed by atoms with Crippen molar-refractivity contribution in [2.45, 2.75) is 12.8 Å². The molecule has 0 saturated carbocycles. The van der Waals surface area contributed by atoms with E-state index in [1.54, 1.807) is 13.2 Å². The lowest BCUT2D eigenvalue weighted by atomic mass is 10.1. The molecule has 0 radical (unpaired) electrons. The van der Waals surface area contributed by atoms with Gasteiger partial charge in [0.15, 0.2) is 5.65 Å². The molecular weight excluding hydrogens is 266 g/mol. The van der Waals surface area contributed by atoms with Gasteiger partial charge in [0.05, 0.1) is 12.8 Å². The first-order valence-electron chi connectivity index (χ1n) is 6.92. The zero-order valence-electron chi connectivity index (χ0n) is 11.8. The monoisotopic (exact) mass is 283 g/mol. The van der Waals surface area contributed by atoms with Crippen LogP contribution in [0.2, 0.25) is 0 Å². The van der Waals surface area contributed by atoms with Crippen LogP contribution in [0.15, 0.2) is 36.5 Å². The summed E-state index contributed by atoms with van der Waals surface area (Å²) in [6.45, 7) is 0.606. The summed E-state index contributed by atoms with van der Waals surface area (Å²) in [5.74, 6) is 1.08. The number of aromatic nitrogens is 4. The number of rotatable bonds is 6. The Hall–Kier alpha value is -2.63. The van der Waals surface area contributed by atoms with Crippen LogP contribution in [0.25, 0.3) is 11.0 Å². The van der Waals surface area contributed by atoms with Crippen LogP contribution >= 0.6 is 0 Å². The fourth-order valence-electron chi connectivity index (χ4n) is 2.12. The minimum Gasteiger partial charge on any atom is -0.477 e. The van der Waals surface area contributed by atoms with E-state index >= 15 is 0 Å². The van der Waals surface area contributed by atoms with E-state index in [0.717, 1.165) is 18.2 Å². The summed E-state index contributed by atoms with van der Waals surface area (Å²) in [7, 11) is 1.77. The molecule has 0 spiro atoms. The highest BCUT2D eigenvalue weighted by atomic mass is 16.5. The third-order valence-corrected chi connectivity index (χ3v) is 3.19. The van der Waals surface area contributed by atoms with Crippen LogP contribution in [-0.2, 0) is 6.42 Å². The number of benzene rings is 1. The number of aromatic amines is 1. The van der Waals surface area contributed by atoms with E-state index in [4.69, 9.17) is 4.74 Å². The molecular formula is C15H17N5O. The average Bonchev–Trinajstić information content (AvgIpc) is 3.00. The van der Waals surface area contributed by atoms with Gasteiger partial charge in [-0.1, -0.05) is 30.3 Å². The summed E-state index contributed by atoms with van der Waals surface area (Å²) in [6.07, 6.45) is 3.60. The maximum Gasteiger partial charge on any atom is 0.229 e. The molecule has 0 amide bonds. The van der Waals surface area contributed by atoms with Crippen LogP contribution in [0.4, 0.5) is 5.95 Å². The van der Waals surface area contributed by atoms with Gasteiger partial charge in [0.2, 0.25) is 11.8 Å². The van der Waals surface area contributed by atoms with Crippen molar-refractivity contribution in [2.24, 2.45) is 0 Å². The Morgan fingerprint density at radius 2 is 2.05 bits per heavy atom. The number of H-pyrrole nitrogens is 1. The van der Waals surface area contributed by atoms with E-state index in [9.17, 15) is 0 Å². The first-order chi connectivity index (χ1) is 10.4. The number of nitrogens with one attached hydrogen (secondary N) is 2. The minimum atomic E-state index is 0.518. The zero-order valence-corrected chi connectivity index (χ0v) is 11.8. The number of hydrogen-bond acceptors (Lipinski definition) is 5. The predicted octanol–water partition coefficient (Wildman–Crippen LogP) is 2.41. The van der Waals surface area contributed by atoms with Gasteiger partial charge < -0.3 is 10.1 Å². The van der Waals surface area contributed by atoms with Gasteiger partial charge in [0.1, 0.15) is 5.39 Å². The fourth-order valence-corrected chi connectivity index (χ4v) is 2.12. The smallest absolute Gasteiger partial charge is 0.229 e. The van der Waals surface area contributed by atoms with Crippen LogP contribution in [0, 0.1) is 0 Å². The Labute approximate surface area is 122 Å². The molecule has 6 nitrogen and oxygen atoms in total. The van der Waals surface area contributed by atoms with Gasteiger partial charge in [0.25, 0.3) is 0 Å². The molecule has 0 unspecified atom stereocenters. The number of aryl methyl sites for hydroxylation is 1. The second-order valence-electron chi connectivity index (χ2n) is 4.67. The molecule has 6 heteroatoms.